The molecule has 2 aromatic rings. The number of nitrogen functional groups attached to an aromatic ring is 1. The lowest BCUT2D eigenvalue weighted by atomic mass is 10.0. The zero-order valence-corrected chi connectivity index (χ0v) is 10.7. The third-order valence-electron chi connectivity index (χ3n) is 2.89. The van der Waals surface area contributed by atoms with Gasteiger partial charge < -0.3 is 10.5 Å². The van der Waals surface area contributed by atoms with Crippen LogP contribution >= 0.6 is 0 Å². The first-order valence-electron chi connectivity index (χ1n) is 5.77. The van der Waals surface area contributed by atoms with E-state index in [2.05, 4.69) is 0 Å². The Labute approximate surface area is 110 Å². The number of methoxy groups -OCH3 is 1. The van der Waals surface area contributed by atoms with Gasteiger partial charge in [-0.1, -0.05) is 0 Å². The smallest absolute Gasteiger partial charge is 0.196 e. The Hall–Kier alpha value is -2.36. The fourth-order valence-electron chi connectivity index (χ4n) is 1.89. The second-order valence-electron chi connectivity index (χ2n) is 4.25. The van der Waals surface area contributed by atoms with Gasteiger partial charge in [-0.15, -0.1) is 0 Å². The van der Waals surface area contributed by atoms with Gasteiger partial charge in [-0.05, 0) is 48.9 Å². The molecule has 0 saturated carbocycles. The van der Waals surface area contributed by atoms with Crippen molar-refractivity contribution in [2.24, 2.45) is 0 Å². The monoisotopic (exact) mass is 259 g/mol. The molecule has 0 aliphatic rings. The van der Waals surface area contributed by atoms with Gasteiger partial charge in [0, 0.05) is 11.3 Å². The second kappa shape index (κ2) is 5.10. The summed E-state index contributed by atoms with van der Waals surface area (Å²) in [5.74, 6) is -0.284. The molecule has 4 heteroatoms. The molecule has 0 saturated heterocycles. The summed E-state index contributed by atoms with van der Waals surface area (Å²) in [6, 6.07) is 8.93. The maximum atomic E-state index is 13.7. The van der Waals surface area contributed by atoms with E-state index >= 15 is 0 Å². The molecule has 0 aliphatic heterocycles. The van der Waals surface area contributed by atoms with Gasteiger partial charge in [-0.2, -0.15) is 0 Å². The molecular formula is C15H14FNO2. The number of nitrogens with two attached hydrogens (primary N) is 1. The Morgan fingerprint density at radius 3 is 2.58 bits per heavy atom. The van der Waals surface area contributed by atoms with E-state index in [4.69, 9.17) is 10.5 Å². The number of halogens is 1. The molecule has 2 rings (SSSR count). The van der Waals surface area contributed by atoms with Gasteiger partial charge in [0.15, 0.2) is 5.78 Å². The average Bonchev–Trinajstić information content (AvgIpc) is 2.40. The van der Waals surface area contributed by atoms with Crippen molar-refractivity contribution in [1.29, 1.82) is 0 Å². The Morgan fingerprint density at radius 1 is 1.21 bits per heavy atom. The highest BCUT2D eigenvalue weighted by Gasteiger charge is 2.15. The van der Waals surface area contributed by atoms with Gasteiger partial charge in [0.1, 0.15) is 11.6 Å². The molecule has 19 heavy (non-hydrogen) atoms. The Morgan fingerprint density at radius 2 is 1.95 bits per heavy atom. The number of ether oxygens (including phenoxy) is 1. The van der Waals surface area contributed by atoms with Crippen molar-refractivity contribution in [1.82, 2.24) is 0 Å². The summed E-state index contributed by atoms with van der Waals surface area (Å²) in [5.41, 5.74) is 7.14. The van der Waals surface area contributed by atoms with Crippen LogP contribution in [0.4, 0.5) is 10.1 Å². The van der Waals surface area contributed by atoms with Crippen LogP contribution in [0.5, 0.6) is 5.75 Å². The van der Waals surface area contributed by atoms with Crippen LogP contribution in [-0.4, -0.2) is 12.9 Å². The van der Waals surface area contributed by atoms with E-state index in [1.54, 1.807) is 25.3 Å². The van der Waals surface area contributed by atoms with Crippen LogP contribution in [0.25, 0.3) is 0 Å². The van der Waals surface area contributed by atoms with Gasteiger partial charge in [-0.3, -0.25) is 4.79 Å². The fraction of sp³-hybridized carbons (Fsp3) is 0.133. The minimum absolute atomic E-state index is 0.0235. The van der Waals surface area contributed by atoms with Crippen LogP contribution in [0.3, 0.4) is 0 Å². The summed E-state index contributed by atoms with van der Waals surface area (Å²) in [6.07, 6.45) is 0. The van der Waals surface area contributed by atoms with Crippen LogP contribution in [0.15, 0.2) is 36.4 Å². The second-order valence-corrected chi connectivity index (χ2v) is 4.25. The summed E-state index contributed by atoms with van der Waals surface area (Å²) in [5, 5.41) is 0. The SMILES string of the molecule is COc1ccc(C(=O)c2cc(N)ccc2F)cc1C. The standard InChI is InChI=1S/C15H14FNO2/c1-9-7-10(3-6-14(9)19-2)15(18)12-8-11(17)4-5-13(12)16/h3-8H,17H2,1-2H3. The molecular weight excluding hydrogens is 245 g/mol. The first-order chi connectivity index (χ1) is 9.02. The molecule has 0 aromatic heterocycles. The summed E-state index contributed by atoms with van der Waals surface area (Å²) in [4.78, 5) is 12.2. The van der Waals surface area contributed by atoms with E-state index in [-0.39, 0.29) is 5.56 Å². The number of carbonyl (C=O) groups is 1. The first-order valence-corrected chi connectivity index (χ1v) is 5.77. The number of rotatable bonds is 3. The maximum absolute atomic E-state index is 13.7. The average molecular weight is 259 g/mol. The van der Waals surface area contributed by atoms with E-state index < -0.39 is 11.6 Å². The number of benzene rings is 2. The lowest BCUT2D eigenvalue weighted by Crippen LogP contribution is -2.06. The lowest BCUT2D eigenvalue weighted by molar-refractivity contribution is 0.103. The number of ketones is 1. The van der Waals surface area contributed by atoms with Crippen molar-refractivity contribution >= 4 is 11.5 Å². The maximum Gasteiger partial charge on any atom is 0.196 e. The van der Waals surface area contributed by atoms with Crippen LogP contribution in [0.1, 0.15) is 21.5 Å². The number of hydrogen-bond donors (Lipinski definition) is 1. The Kier molecular flexibility index (Phi) is 3.51. The van der Waals surface area contributed by atoms with Crippen molar-refractivity contribution in [3.05, 3.63) is 58.9 Å². The molecule has 3 nitrogen and oxygen atoms in total. The zero-order valence-electron chi connectivity index (χ0n) is 10.7. The van der Waals surface area contributed by atoms with E-state index in [0.29, 0.717) is 17.0 Å². The molecule has 0 amide bonds. The van der Waals surface area contributed by atoms with E-state index in [1.807, 2.05) is 6.92 Å². The molecule has 2 N–H and O–H groups in total. The van der Waals surface area contributed by atoms with Crippen molar-refractivity contribution < 1.29 is 13.9 Å². The fourth-order valence-corrected chi connectivity index (χ4v) is 1.89. The Bertz CT molecular complexity index is 638. The molecule has 0 bridgehead atoms. The summed E-state index contributed by atoms with van der Waals surface area (Å²) in [6.45, 7) is 1.82. The first kappa shape index (κ1) is 13.1. The molecule has 0 radical (unpaired) electrons. The van der Waals surface area contributed by atoms with Gasteiger partial charge in [0.05, 0.1) is 12.7 Å². The van der Waals surface area contributed by atoms with Gasteiger partial charge in [0.2, 0.25) is 0 Å². The lowest BCUT2D eigenvalue weighted by Gasteiger charge is -2.08. The Balaban J connectivity index is 2.44. The predicted molar refractivity (Wildman–Crippen MR) is 72.0 cm³/mol. The number of carbonyl (C=O) groups excluding carboxylic acids is 1. The molecule has 0 fully saturated rings. The van der Waals surface area contributed by atoms with Crippen molar-refractivity contribution in [2.45, 2.75) is 6.92 Å². The molecule has 0 atom stereocenters. The molecule has 0 heterocycles. The van der Waals surface area contributed by atoms with Crippen molar-refractivity contribution in [3.8, 4) is 5.75 Å². The number of hydrogen-bond acceptors (Lipinski definition) is 3. The molecule has 0 aliphatic carbocycles. The minimum Gasteiger partial charge on any atom is -0.496 e. The molecule has 98 valence electrons. The highest BCUT2D eigenvalue weighted by molar-refractivity contribution is 6.09. The summed E-state index contributed by atoms with van der Waals surface area (Å²) >= 11 is 0. The quantitative estimate of drug-likeness (QED) is 0.681. The number of aryl methyl sites for hydroxylation is 1. The highest BCUT2D eigenvalue weighted by atomic mass is 19.1. The van der Waals surface area contributed by atoms with Crippen LogP contribution < -0.4 is 10.5 Å². The summed E-state index contributed by atoms with van der Waals surface area (Å²) < 4.78 is 18.8. The third-order valence-corrected chi connectivity index (χ3v) is 2.89. The summed E-state index contributed by atoms with van der Waals surface area (Å²) in [7, 11) is 1.56. The number of anilines is 1. The zero-order chi connectivity index (χ0) is 14.0. The minimum atomic E-state index is -0.576. The van der Waals surface area contributed by atoms with Gasteiger partial charge >= 0.3 is 0 Å². The molecule has 0 spiro atoms. The normalized spacial score (nSPS) is 10.3. The van der Waals surface area contributed by atoms with E-state index in [0.717, 1.165) is 5.56 Å². The third kappa shape index (κ3) is 2.57. The van der Waals surface area contributed by atoms with E-state index in [1.165, 1.54) is 18.2 Å². The van der Waals surface area contributed by atoms with E-state index in [9.17, 15) is 9.18 Å². The van der Waals surface area contributed by atoms with Crippen molar-refractivity contribution in [3.63, 3.8) is 0 Å². The van der Waals surface area contributed by atoms with Gasteiger partial charge in [0.25, 0.3) is 0 Å². The predicted octanol–water partition coefficient (Wildman–Crippen LogP) is 2.96. The topological polar surface area (TPSA) is 52.3 Å². The molecule has 0 unspecified atom stereocenters. The van der Waals surface area contributed by atoms with Crippen LogP contribution in [0, 0.1) is 12.7 Å². The van der Waals surface area contributed by atoms with Crippen molar-refractivity contribution in [2.75, 3.05) is 12.8 Å². The van der Waals surface area contributed by atoms with Crippen LogP contribution in [0.2, 0.25) is 0 Å². The van der Waals surface area contributed by atoms with Crippen LogP contribution in [-0.2, 0) is 0 Å². The highest BCUT2D eigenvalue weighted by Crippen LogP contribution is 2.22. The van der Waals surface area contributed by atoms with Gasteiger partial charge in [-0.25, -0.2) is 4.39 Å². The largest absolute Gasteiger partial charge is 0.496 e. The molecule has 2 aromatic carbocycles.